The number of rotatable bonds is 2. The molecule has 1 aromatic rings. The third kappa shape index (κ3) is 2.51. The predicted molar refractivity (Wildman–Crippen MR) is 56.7 cm³/mol. The molecule has 0 aromatic carbocycles. The van der Waals surface area contributed by atoms with Gasteiger partial charge in [0.05, 0.1) is 0 Å². The number of hydrogen-bond donors (Lipinski definition) is 0. The summed E-state index contributed by atoms with van der Waals surface area (Å²) in [6, 6.07) is 3.95. The van der Waals surface area contributed by atoms with Crippen LogP contribution >= 0.6 is 15.9 Å². The molecule has 0 N–H and O–H groups in total. The lowest BCUT2D eigenvalue weighted by atomic mass is 10.2. The van der Waals surface area contributed by atoms with Gasteiger partial charge in [-0.3, -0.25) is 4.90 Å². The summed E-state index contributed by atoms with van der Waals surface area (Å²) in [6.45, 7) is 2.25. The van der Waals surface area contributed by atoms with Gasteiger partial charge in [0.15, 0.2) is 0 Å². The molecule has 1 fully saturated rings. The lowest BCUT2D eigenvalue weighted by molar-refractivity contribution is 0.282. The number of aromatic nitrogens is 1. The molecule has 2 rings (SSSR count). The Labute approximate surface area is 91.3 Å². The summed E-state index contributed by atoms with van der Waals surface area (Å²) in [7, 11) is 0. The SMILES string of the molecule is F[C@H]1CCN(Cc2ccnc(Br)c2)C1. The molecule has 1 aliphatic heterocycles. The Balaban J connectivity index is 1.97. The van der Waals surface area contributed by atoms with Crippen molar-refractivity contribution < 1.29 is 4.39 Å². The molecular formula is C10H12BrFN2. The maximum Gasteiger partial charge on any atom is 0.114 e. The van der Waals surface area contributed by atoms with Crippen LogP contribution in [0.1, 0.15) is 12.0 Å². The second-order valence-electron chi connectivity index (χ2n) is 3.61. The number of nitrogens with zero attached hydrogens (tertiary/aromatic N) is 2. The zero-order chi connectivity index (χ0) is 9.97. The first kappa shape index (κ1) is 10.1. The van der Waals surface area contributed by atoms with Crippen LogP contribution in [0.15, 0.2) is 22.9 Å². The maximum atomic E-state index is 12.9. The van der Waals surface area contributed by atoms with E-state index in [2.05, 4.69) is 25.8 Å². The Hall–Kier alpha value is -0.480. The van der Waals surface area contributed by atoms with E-state index >= 15 is 0 Å². The lowest BCUT2D eigenvalue weighted by Crippen LogP contribution is -2.20. The Bertz CT molecular complexity index is 319. The van der Waals surface area contributed by atoms with Gasteiger partial charge in [0.2, 0.25) is 0 Å². The Morgan fingerprint density at radius 1 is 1.64 bits per heavy atom. The molecule has 0 amide bonds. The van der Waals surface area contributed by atoms with Crippen LogP contribution in [-0.4, -0.2) is 29.1 Å². The highest BCUT2D eigenvalue weighted by Crippen LogP contribution is 2.16. The van der Waals surface area contributed by atoms with E-state index < -0.39 is 6.17 Å². The molecule has 4 heteroatoms. The van der Waals surface area contributed by atoms with Gasteiger partial charge >= 0.3 is 0 Å². The van der Waals surface area contributed by atoms with Crippen molar-refractivity contribution >= 4 is 15.9 Å². The Morgan fingerprint density at radius 3 is 3.14 bits per heavy atom. The van der Waals surface area contributed by atoms with Crippen molar-refractivity contribution in [2.24, 2.45) is 0 Å². The molecule has 76 valence electrons. The average Bonchev–Trinajstić information content (AvgIpc) is 2.51. The zero-order valence-corrected chi connectivity index (χ0v) is 9.37. The molecule has 0 unspecified atom stereocenters. The second kappa shape index (κ2) is 4.36. The van der Waals surface area contributed by atoms with Crippen LogP contribution in [0.25, 0.3) is 0 Å². The molecule has 0 aliphatic carbocycles. The van der Waals surface area contributed by atoms with Gasteiger partial charge in [-0.15, -0.1) is 0 Å². The fraction of sp³-hybridized carbons (Fsp3) is 0.500. The molecular weight excluding hydrogens is 247 g/mol. The highest BCUT2D eigenvalue weighted by molar-refractivity contribution is 9.10. The molecule has 0 saturated carbocycles. The van der Waals surface area contributed by atoms with E-state index in [0.717, 1.165) is 17.7 Å². The van der Waals surface area contributed by atoms with E-state index in [9.17, 15) is 4.39 Å². The number of halogens is 2. The van der Waals surface area contributed by atoms with Gasteiger partial charge in [0.1, 0.15) is 10.8 Å². The van der Waals surface area contributed by atoms with Crippen LogP contribution in [0.5, 0.6) is 0 Å². The van der Waals surface area contributed by atoms with Gasteiger partial charge in [0.25, 0.3) is 0 Å². The number of likely N-dealkylation sites (tertiary alicyclic amines) is 1. The van der Waals surface area contributed by atoms with Crippen molar-refractivity contribution in [1.29, 1.82) is 0 Å². The average molecular weight is 259 g/mol. The van der Waals surface area contributed by atoms with Crippen LogP contribution in [0, 0.1) is 0 Å². The predicted octanol–water partition coefficient (Wildman–Crippen LogP) is 2.39. The molecule has 0 radical (unpaired) electrons. The van der Waals surface area contributed by atoms with Gasteiger partial charge in [-0.1, -0.05) is 0 Å². The smallest absolute Gasteiger partial charge is 0.114 e. The molecule has 0 bridgehead atoms. The van der Waals surface area contributed by atoms with E-state index in [1.165, 1.54) is 5.56 Å². The van der Waals surface area contributed by atoms with E-state index in [0.29, 0.717) is 13.0 Å². The van der Waals surface area contributed by atoms with Crippen molar-refractivity contribution in [3.63, 3.8) is 0 Å². The van der Waals surface area contributed by atoms with Gasteiger partial charge in [-0.25, -0.2) is 9.37 Å². The monoisotopic (exact) mass is 258 g/mol. The van der Waals surface area contributed by atoms with Crippen molar-refractivity contribution in [3.8, 4) is 0 Å². The van der Waals surface area contributed by atoms with Gasteiger partial charge in [-0.2, -0.15) is 0 Å². The lowest BCUT2D eigenvalue weighted by Gasteiger charge is -2.14. The molecule has 1 saturated heterocycles. The first-order chi connectivity index (χ1) is 6.74. The quantitative estimate of drug-likeness (QED) is 0.758. The van der Waals surface area contributed by atoms with E-state index in [4.69, 9.17) is 0 Å². The van der Waals surface area contributed by atoms with Gasteiger partial charge in [-0.05, 0) is 40.0 Å². The number of alkyl halides is 1. The normalized spacial score (nSPS) is 22.9. The summed E-state index contributed by atoms with van der Waals surface area (Å²) in [6.07, 6.45) is 1.80. The van der Waals surface area contributed by atoms with Crippen LogP contribution in [0.4, 0.5) is 4.39 Å². The summed E-state index contributed by atoms with van der Waals surface area (Å²) in [5.41, 5.74) is 1.18. The van der Waals surface area contributed by atoms with E-state index in [1.54, 1.807) is 6.20 Å². The molecule has 2 heterocycles. The van der Waals surface area contributed by atoms with Crippen LogP contribution in [0.2, 0.25) is 0 Å². The first-order valence-corrected chi connectivity index (χ1v) is 5.50. The zero-order valence-electron chi connectivity index (χ0n) is 7.79. The Morgan fingerprint density at radius 2 is 2.50 bits per heavy atom. The van der Waals surface area contributed by atoms with Crippen molar-refractivity contribution in [3.05, 3.63) is 28.5 Å². The van der Waals surface area contributed by atoms with Crippen molar-refractivity contribution in [2.45, 2.75) is 19.1 Å². The fourth-order valence-electron chi connectivity index (χ4n) is 1.73. The van der Waals surface area contributed by atoms with Crippen LogP contribution in [0.3, 0.4) is 0 Å². The number of pyridine rings is 1. The third-order valence-corrected chi connectivity index (χ3v) is 2.85. The standard InChI is InChI=1S/C10H12BrFN2/c11-10-5-8(1-3-13-10)6-14-4-2-9(12)7-14/h1,3,5,9H,2,4,6-7H2/t9-/m0/s1. The fourth-order valence-corrected chi connectivity index (χ4v) is 2.14. The van der Waals surface area contributed by atoms with E-state index in [-0.39, 0.29) is 0 Å². The molecule has 1 atom stereocenters. The number of hydrogen-bond acceptors (Lipinski definition) is 2. The van der Waals surface area contributed by atoms with Gasteiger partial charge < -0.3 is 0 Å². The van der Waals surface area contributed by atoms with Crippen LogP contribution < -0.4 is 0 Å². The largest absolute Gasteiger partial charge is 0.296 e. The van der Waals surface area contributed by atoms with Crippen molar-refractivity contribution in [1.82, 2.24) is 9.88 Å². The summed E-state index contributed by atoms with van der Waals surface area (Å²) in [4.78, 5) is 6.18. The molecule has 14 heavy (non-hydrogen) atoms. The van der Waals surface area contributed by atoms with Gasteiger partial charge in [0, 0.05) is 25.8 Å². The first-order valence-electron chi connectivity index (χ1n) is 4.71. The molecule has 1 aromatic heterocycles. The molecule has 0 spiro atoms. The third-order valence-electron chi connectivity index (χ3n) is 2.41. The second-order valence-corrected chi connectivity index (χ2v) is 4.42. The summed E-state index contributed by atoms with van der Waals surface area (Å²) in [5.74, 6) is 0. The summed E-state index contributed by atoms with van der Waals surface area (Å²) >= 11 is 3.32. The van der Waals surface area contributed by atoms with Crippen molar-refractivity contribution in [2.75, 3.05) is 13.1 Å². The highest BCUT2D eigenvalue weighted by Gasteiger charge is 2.21. The summed E-state index contributed by atoms with van der Waals surface area (Å²) in [5, 5.41) is 0. The minimum Gasteiger partial charge on any atom is -0.296 e. The minimum atomic E-state index is -0.639. The Kier molecular flexibility index (Phi) is 3.13. The molecule has 2 nitrogen and oxygen atoms in total. The highest BCUT2D eigenvalue weighted by atomic mass is 79.9. The maximum absolute atomic E-state index is 12.9. The van der Waals surface area contributed by atoms with E-state index in [1.807, 2.05) is 12.1 Å². The molecule has 1 aliphatic rings. The minimum absolute atomic E-state index is 0.569. The summed E-state index contributed by atoms with van der Waals surface area (Å²) < 4.78 is 13.7. The topological polar surface area (TPSA) is 16.1 Å². The van der Waals surface area contributed by atoms with Crippen LogP contribution in [-0.2, 0) is 6.54 Å².